The number of carbonyl (C=O) groups excluding carboxylic acids is 1. The monoisotopic (exact) mass is 422 g/mol. The zero-order valence-electron chi connectivity index (χ0n) is 17.4. The highest BCUT2D eigenvalue weighted by molar-refractivity contribution is 5.91. The number of hydrogen-bond acceptors (Lipinski definition) is 7. The van der Waals surface area contributed by atoms with Gasteiger partial charge in [-0.2, -0.15) is 10.4 Å². The molecule has 3 rings (SSSR count). The molecule has 0 saturated heterocycles. The third-order valence-corrected chi connectivity index (χ3v) is 4.44. The van der Waals surface area contributed by atoms with Crippen LogP contribution in [-0.2, 0) is 11.3 Å². The number of methoxy groups -OCH3 is 3. The highest BCUT2D eigenvalue weighted by Gasteiger charge is 2.17. The van der Waals surface area contributed by atoms with E-state index in [2.05, 4.69) is 10.4 Å². The first-order valence-corrected chi connectivity index (χ1v) is 9.32. The molecule has 31 heavy (non-hydrogen) atoms. The topological polar surface area (TPSA) is 108 Å². The van der Waals surface area contributed by atoms with Crippen LogP contribution < -0.4 is 24.3 Å². The van der Waals surface area contributed by atoms with Gasteiger partial charge in [0.15, 0.2) is 18.1 Å². The third kappa shape index (κ3) is 5.05. The van der Waals surface area contributed by atoms with Crippen LogP contribution in [0.5, 0.6) is 23.0 Å². The SMILES string of the molecule is COc1ccc(Cn2nccc2NC(=O)COc2ccc(C#N)cc2)c(OC)c1OC. The molecule has 0 radical (unpaired) electrons. The average molecular weight is 422 g/mol. The summed E-state index contributed by atoms with van der Waals surface area (Å²) in [6.45, 7) is 0.152. The minimum Gasteiger partial charge on any atom is -0.493 e. The molecule has 0 fully saturated rings. The van der Waals surface area contributed by atoms with Crippen LogP contribution in [0.15, 0.2) is 48.7 Å². The number of ether oxygens (including phenoxy) is 4. The molecule has 1 amide bonds. The lowest BCUT2D eigenvalue weighted by molar-refractivity contribution is -0.118. The fourth-order valence-corrected chi connectivity index (χ4v) is 2.97. The van der Waals surface area contributed by atoms with E-state index in [4.69, 9.17) is 24.2 Å². The number of nitriles is 1. The Morgan fingerprint density at radius 2 is 1.77 bits per heavy atom. The van der Waals surface area contributed by atoms with Gasteiger partial charge in [0.25, 0.3) is 5.91 Å². The van der Waals surface area contributed by atoms with E-state index in [9.17, 15) is 4.79 Å². The third-order valence-electron chi connectivity index (χ3n) is 4.44. The Bertz CT molecular complexity index is 1090. The Labute approximate surface area is 179 Å². The molecule has 160 valence electrons. The van der Waals surface area contributed by atoms with E-state index in [-0.39, 0.29) is 12.5 Å². The number of benzene rings is 2. The van der Waals surface area contributed by atoms with Gasteiger partial charge in [-0.1, -0.05) is 0 Å². The van der Waals surface area contributed by atoms with Gasteiger partial charge in [0, 0.05) is 11.6 Å². The Balaban J connectivity index is 1.68. The first kappa shape index (κ1) is 21.5. The number of nitrogens with one attached hydrogen (secondary N) is 1. The quantitative estimate of drug-likeness (QED) is 0.565. The Kier molecular flexibility index (Phi) is 6.96. The fourth-order valence-electron chi connectivity index (χ4n) is 2.97. The molecule has 0 spiro atoms. The largest absolute Gasteiger partial charge is 0.493 e. The summed E-state index contributed by atoms with van der Waals surface area (Å²) in [5.41, 5.74) is 1.32. The van der Waals surface area contributed by atoms with Gasteiger partial charge in [-0.15, -0.1) is 0 Å². The molecule has 0 saturated carbocycles. The Morgan fingerprint density at radius 1 is 1.03 bits per heavy atom. The van der Waals surface area contributed by atoms with Crippen LogP contribution in [-0.4, -0.2) is 43.6 Å². The molecule has 0 bridgehead atoms. The van der Waals surface area contributed by atoms with Crippen molar-refractivity contribution in [1.29, 1.82) is 5.26 Å². The minimum atomic E-state index is -0.342. The second-order valence-electron chi connectivity index (χ2n) is 6.34. The zero-order valence-corrected chi connectivity index (χ0v) is 17.4. The summed E-state index contributed by atoms with van der Waals surface area (Å²) < 4.78 is 23.3. The van der Waals surface area contributed by atoms with E-state index in [1.165, 1.54) is 7.11 Å². The van der Waals surface area contributed by atoms with E-state index >= 15 is 0 Å². The van der Waals surface area contributed by atoms with Crippen LogP contribution in [0, 0.1) is 11.3 Å². The first-order valence-electron chi connectivity index (χ1n) is 9.32. The lowest BCUT2D eigenvalue weighted by atomic mass is 10.1. The van der Waals surface area contributed by atoms with Crippen molar-refractivity contribution in [1.82, 2.24) is 9.78 Å². The summed E-state index contributed by atoms with van der Waals surface area (Å²) in [4.78, 5) is 12.3. The smallest absolute Gasteiger partial charge is 0.263 e. The van der Waals surface area contributed by atoms with Crippen LogP contribution in [0.4, 0.5) is 5.82 Å². The maximum absolute atomic E-state index is 12.3. The van der Waals surface area contributed by atoms with Gasteiger partial charge in [0.1, 0.15) is 11.6 Å². The number of nitrogens with zero attached hydrogens (tertiary/aromatic N) is 3. The first-order chi connectivity index (χ1) is 15.1. The minimum absolute atomic E-state index is 0.184. The van der Waals surface area contributed by atoms with E-state index in [1.54, 1.807) is 61.5 Å². The van der Waals surface area contributed by atoms with Gasteiger partial charge in [0.05, 0.1) is 45.7 Å². The molecule has 0 aliphatic carbocycles. The van der Waals surface area contributed by atoms with Crippen molar-refractivity contribution in [3.63, 3.8) is 0 Å². The van der Waals surface area contributed by atoms with Crippen LogP contribution in [0.3, 0.4) is 0 Å². The molecule has 9 nitrogen and oxygen atoms in total. The van der Waals surface area contributed by atoms with E-state index in [1.807, 2.05) is 12.1 Å². The number of anilines is 1. The van der Waals surface area contributed by atoms with Gasteiger partial charge in [-0.25, -0.2) is 4.68 Å². The van der Waals surface area contributed by atoms with E-state index in [0.29, 0.717) is 40.9 Å². The second-order valence-corrected chi connectivity index (χ2v) is 6.34. The van der Waals surface area contributed by atoms with Crippen molar-refractivity contribution in [2.75, 3.05) is 33.3 Å². The highest BCUT2D eigenvalue weighted by Crippen LogP contribution is 2.40. The number of aromatic nitrogens is 2. The van der Waals surface area contributed by atoms with E-state index in [0.717, 1.165) is 5.56 Å². The molecule has 1 aromatic heterocycles. The van der Waals surface area contributed by atoms with Gasteiger partial charge in [-0.3, -0.25) is 4.79 Å². The molecule has 0 aliphatic heterocycles. The lowest BCUT2D eigenvalue weighted by Gasteiger charge is -2.16. The predicted molar refractivity (Wildman–Crippen MR) is 113 cm³/mol. The fraction of sp³-hybridized carbons (Fsp3) is 0.227. The van der Waals surface area contributed by atoms with E-state index < -0.39 is 0 Å². The molecule has 1 N–H and O–H groups in total. The summed E-state index contributed by atoms with van der Waals surface area (Å²) in [5.74, 6) is 2.22. The van der Waals surface area contributed by atoms with Crippen LogP contribution in [0.25, 0.3) is 0 Å². The average Bonchev–Trinajstić information content (AvgIpc) is 3.23. The molecule has 1 heterocycles. The van der Waals surface area contributed by atoms with Gasteiger partial charge < -0.3 is 24.3 Å². The van der Waals surface area contributed by atoms with Crippen molar-refractivity contribution in [2.45, 2.75) is 6.54 Å². The number of carbonyl (C=O) groups is 1. The summed E-state index contributed by atoms with van der Waals surface area (Å²) in [6, 6.07) is 13.9. The lowest BCUT2D eigenvalue weighted by Crippen LogP contribution is -2.22. The van der Waals surface area contributed by atoms with Crippen LogP contribution in [0.2, 0.25) is 0 Å². The van der Waals surface area contributed by atoms with Crippen molar-refractivity contribution in [3.05, 3.63) is 59.8 Å². The molecular weight excluding hydrogens is 400 g/mol. The van der Waals surface area contributed by atoms with Crippen molar-refractivity contribution in [2.24, 2.45) is 0 Å². The summed E-state index contributed by atoms with van der Waals surface area (Å²) in [5, 5.41) is 15.9. The van der Waals surface area contributed by atoms with Crippen molar-refractivity contribution >= 4 is 11.7 Å². The summed E-state index contributed by atoms with van der Waals surface area (Å²) in [7, 11) is 4.64. The number of rotatable bonds is 9. The number of hydrogen-bond donors (Lipinski definition) is 1. The summed E-state index contributed by atoms with van der Waals surface area (Å²) in [6.07, 6.45) is 1.59. The molecule has 9 heteroatoms. The van der Waals surface area contributed by atoms with Crippen molar-refractivity contribution < 1.29 is 23.7 Å². The normalized spacial score (nSPS) is 10.1. The zero-order chi connectivity index (χ0) is 22.2. The molecule has 2 aromatic carbocycles. The molecule has 0 atom stereocenters. The molecule has 0 unspecified atom stereocenters. The maximum Gasteiger partial charge on any atom is 0.263 e. The second kappa shape index (κ2) is 10.0. The van der Waals surface area contributed by atoms with Crippen LogP contribution >= 0.6 is 0 Å². The van der Waals surface area contributed by atoms with Gasteiger partial charge >= 0.3 is 0 Å². The van der Waals surface area contributed by atoms with Crippen LogP contribution in [0.1, 0.15) is 11.1 Å². The maximum atomic E-state index is 12.3. The Hall–Kier alpha value is -4.19. The standard InChI is InChI=1S/C22H22N4O5/c1-28-18-9-6-16(21(29-2)22(18)30-3)13-26-19(10-11-24-26)25-20(27)14-31-17-7-4-15(12-23)5-8-17/h4-11H,13-14H2,1-3H3,(H,25,27). The summed E-state index contributed by atoms with van der Waals surface area (Å²) >= 11 is 0. The highest BCUT2D eigenvalue weighted by atomic mass is 16.5. The Morgan fingerprint density at radius 3 is 2.42 bits per heavy atom. The van der Waals surface area contributed by atoms with Crippen molar-refractivity contribution in [3.8, 4) is 29.1 Å². The van der Waals surface area contributed by atoms with Gasteiger partial charge in [-0.05, 0) is 36.4 Å². The molecule has 0 aliphatic rings. The molecule has 3 aromatic rings. The number of amides is 1. The molecular formula is C22H22N4O5. The van der Waals surface area contributed by atoms with Gasteiger partial charge in [0.2, 0.25) is 5.75 Å². The predicted octanol–water partition coefficient (Wildman–Crippen LogP) is 2.85.